The third kappa shape index (κ3) is 1.41. The fourth-order valence-electron chi connectivity index (χ4n) is 1.17. The van der Waals surface area contributed by atoms with Crippen LogP contribution < -0.4 is 0 Å². The summed E-state index contributed by atoms with van der Waals surface area (Å²) < 4.78 is 1.77. The fraction of sp³-hybridized carbons (Fsp3) is 0.125. The van der Waals surface area contributed by atoms with Crippen LogP contribution in [0.5, 0.6) is 0 Å². The molecule has 68 valence electrons. The van der Waals surface area contributed by atoms with Crippen molar-refractivity contribution in [2.75, 3.05) is 0 Å². The number of hydrogen-bond acceptors (Lipinski definition) is 2. The van der Waals surface area contributed by atoms with E-state index >= 15 is 0 Å². The maximum atomic E-state index is 5.95. The van der Waals surface area contributed by atoms with Gasteiger partial charge in [-0.2, -0.15) is 0 Å². The molecule has 0 fully saturated rings. The normalized spacial score (nSPS) is 11.1. The molecule has 2 rings (SSSR count). The van der Waals surface area contributed by atoms with Crippen molar-refractivity contribution in [2.45, 2.75) is 11.9 Å². The Morgan fingerprint density at radius 3 is 2.85 bits per heavy atom. The molecule has 0 amide bonds. The van der Waals surface area contributed by atoms with Gasteiger partial charge in [0, 0.05) is 6.20 Å². The van der Waals surface area contributed by atoms with Crippen LogP contribution in [0.15, 0.2) is 17.3 Å². The Kier molecular flexibility index (Phi) is 2.18. The second-order valence-electron chi connectivity index (χ2n) is 2.72. The van der Waals surface area contributed by atoms with Crippen LogP contribution in [0.1, 0.15) is 5.69 Å². The van der Waals surface area contributed by atoms with Gasteiger partial charge in [-0.15, -0.1) is 12.6 Å². The number of hydrogen-bond donors (Lipinski definition) is 1. The molecule has 0 aliphatic rings. The number of rotatable bonds is 0. The van der Waals surface area contributed by atoms with Crippen LogP contribution in [0.2, 0.25) is 10.0 Å². The molecule has 2 heterocycles. The topological polar surface area (TPSA) is 17.3 Å². The zero-order valence-corrected chi connectivity index (χ0v) is 9.16. The summed E-state index contributed by atoms with van der Waals surface area (Å²) in [6.07, 6.45) is 1.74. The lowest BCUT2D eigenvalue weighted by molar-refractivity contribution is 1.03. The Morgan fingerprint density at radius 1 is 1.46 bits per heavy atom. The summed E-state index contributed by atoms with van der Waals surface area (Å²) in [7, 11) is 0. The number of thiol groups is 1. The molecule has 0 saturated heterocycles. The molecular formula is C8H6Cl2N2S. The van der Waals surface area contributed by atoms with Gasteiger partial charge in [0.25, 0.3) is 0 Å². The van der Waals surface area contributed by atoms with Crippen molar-refractivity contribution in [3.8, 4) is 0 Å². The summed E-state index contributed by atoms with van der Waals surface area (Å²) in [4.78, 5) is 4.25. The van der Waals surface area contributed by atoms with Crippen LogP contribution in [0, 0.1) is 6.92 Å². The number of aromatic nitrogens is 2. The first kappa shape index (κ1) is 9.19. The monoisotopic (exact) mass is 232 g/mol. The van der Waals surface area contributed by atoms with Crippen molar-refractivity contribution in [3.05, 3.63) is 28.0 Å². The fourth-order valence-corrected chi connectivity index (χ4v) is 1.89. The molecule has 0 aliphatic carbocycles. The number of pyridine rings is 1. The average molecular weight is 233 g/mol. The first-order valence-corrected chi connectivity index (χ1v) is 4.82. The maximum Gasteiger partial charge on any atom is 0.156 e. The molecule has 2 aromatic heterocycles. The molecule has 0 aromatic carbocycles. The van der Waals surface area contributed by atoms with Gasteiger partial charge < -0.3 is 0 Å². The van der Waals surface area contributed by atoms with Gasteiger partial charge in [0.2, 0.25) is 0 Å². The molecule has 0 radical (unpaired) electrons. The van der Waals surface area contributed by atoms with E-state index in [0.29, 0.717) is 15.7 Å². The van der Waals surface area contributed by atoms with E-state index in [0.717, 1.165) is 10.7 Å². The number of halogens is 2. The number of fused-ring (bicyclic) bond motifs is 1. The lowest BCUT2D eigenvalue weighted by Crippen LogP contribution is -1.85. The Balaban J connectivity index is 2.94. The van der Waals surface area contributed by atoms with Crippen molar-refractivity contribution in [1.29, 1.82) is 0 Å². The summed E-state index contributed by atoms with van der Waals surface area (Å²) in [5.74, 6) is 0. The highest BCUT2D eigenvalue weighted by Crippen LogP contribution is 2.25. The highest BCUT2D eigenvalue weighted by Gasteiger charge is 2.08. The van der Waals surface area contributed by atoms with E-state index in [1.165, 1.54) is 0 Å². The van der Waals surface area contributed by atoms with Gasteiger partial charge in [-0.25, -0.2) is 4.98 Å². The highest BCUT2D eigenvalue weighted by atomic mass is 35.5. The van der Waals surface area contributed by atoms with E-state index in [-0.39, 0.29) is 0 Å². The number of imidazole rings is 1. The molecule has 2 aromatic rings. The molecule has 0 N–H and O–H groups in total. The molecule has 0 atom stereocenters. The van der Waals surface area contributed by atoms with Crippen LogP contribution in [0.4, 0.5) is 0 Å². The Labute approximate surface area is 90.9 Å². The van der Waals surface area contributed by atoms with E-state index in [1.54, 1.807) is 16.7 Å². The molecule has 5 heteroatoms. The Morgan fingerprint density at radius 2 is 2.15 bits per heavy atom. The zero-order valence-electron chi connectivity index (χ0n) is 6.75. The van der Waals surface area contributed by atoms with Gasteiger partial charge in [-0.05, 0) is 13.0 Å². The summed E-state index contributed by atoms with van der Waals surface area (Å²) in [6.45, 7) is 1.87. The summed E-state index contributed by atoms with van der Waals surface area (Å²) >= 11 is 16.1. The Bertz CT molecular complexity index is 478. The molecular weight excluding hydrogens is 227 g/mol. The molecule has 0 bridgehead atoms. The van der Waals surface area contributed by atoms with Gasteiger partial charge in [-0.1, -0.05) is 23.2 Å². The SMILES string of the molecule is Cc1nc2c(Cl)cc(Cl)cn2c1S. The van der Waals surface area contributed by atoms with Crippen LogP contribution >= 0.6 is 35.8 Å². The summed E-state index contributed by atoms with van der Waals surface area (Å²) in [5, 5.41) is 1.88. The standard InChI is InChI=1S/C8H6Cl2N2S/c1-4-8(13)12-3-5(9)2-6(10)7(12)11-4/h2-3,13H,1H3. The van der Waals surface area contributed by atoms with Crippen LogP contribution in [-0.4, -0.2) is 9.38 Å². The first-order chi connectivity index (χ1) is 6.09. The molecule has 0 spiro atoms. The number of aryl methyl sites for hydroxylation is 1. The first-order valence-electron chi connectivity index (χ1n) is 3.62. The largest absolute Gasteiger partial charge is 0.292 e. The highest BCUT2D eigenvalue weighted by molar-refractivity contribution is 7.80. The van der Waals surface area contributed by atoms with E-state index in [9.17, 15) is 0 Å². The van der Waals surface area contributed by atoms with Crippen LogP contribution in [-0.2, 0) is 0 Å². The lowest BCUT2D eigenvalue weighted by atomic mass is 10.5. The van der Waals surface area contributed by atoms with E-state index < -0.39 is 0 Å². The minimum atomic E-state index is 0.538. The minimum absolute atomic E-state index is 0.538. The second-order valence-corrected chi connectivity index (χ2v) is 3.99. The van der Waals surface area contributed by atoms with Crippen LogP contribution in [0.3, 0.4) is 0 Å². The quantitative estimate of drug-likeness (QED) is 0.691. The molecule has 0 saturated carbocycles. The molecule has 0 unspecified atom stereocenters. The lowest BCUT2D eigenvalue weighted by Gasteiger charge is -1.98. The van der Waals surface area contributed by atoms with Gasteiger partial charge in [0.1, 0.15) is 0 Å². The van der Waals surface area contributed by atoms with Crippen LogP contribution in [0.25, 0.3) is 5.65 Å². The zero-order chi connectivity index (χ0) is 9.59. The van der Waals surface area contributed by atoms with E-state index in [1.807, 2.05) is 6.92 Å². The smallest absolute Gasteiger partial charge is 0.156 e. The summed E-state index contributed by atoms with van der Waals surface area (Å²) in [5.41, 5.74) is 1.53. The van der Waals surface area contributed by atoms with Gasteiger partial charge >= 0.3 is 0 Å². The van der Waals surface area contributed by atoms with Gasteiger partial charge in [0.15, 0.2) is 5.65 Å². The van der Waals surface area contributed by atoms with Crippen molar-refractivity contribution in [1.82, 2.24) is 9.38 Å². The van der Waals surface area contributed by atoms with Crippen molar-refractivity contribution in [3.63, 3.8) is 0 Å². The second kappa shape index (κ2) is 3.08. The van der Waals surface area contributed by atoms with E-state index in [2.05, 4.69) is 17.6 Å². The third-order valence-electron chi connectivity index (χ3n) is 1.78. The predicted molar refractivity (Wildman–Crippen MR) is 57.2 cm³/mol. The van der Waals surface area contributed by atoms with E-state index in [4.69, 9.17) is 23.2 Å². The molecule has 0 aliphatic heterocycles. The average Bonchev–Trinajstić information content (AvgIpc) is 2.32. The number of nitrogens with zero attached hydrogens (tertiary/aromatic N) is 2. The van der Waals surface area contributed by atoms with Gasteiger partial charge in [0.05, 0.1) is 20.8 Å². The van der Waals surface area contributed by atoms with Crippen molar-refractivity contribution < 1.29 is 0 Å². The summed E-state index contributed by atoms with van der Waals surface area (Å²) in [6, 6.07) is 1.66. The van der Waals surface area contributed by atoms with Gasteiger partial charge in [-0.3, -0.25) is 4.40 Å². The predicted octanol–water partition coefficient (Wildman–Crippen LogP) is 3.24. The minimum Gasteiger partial charge on any atom is -0.292 e. The maximum absolute atomic E-state index is 5.95. The molecule has 13 heavy (non-hydrogen) atoms. The molecule has 2 nitrogen and oxygen atoms in total. The third-order valence-corrected chi connectivity index (χ3v) is 2.81. The van der Waals surface area contributed by atoms with Crippen molar-refractivity contribution in [2.24, 2.45) is 0 Å². The Hall–Kier alpha value is -0.380. The van der Waals surface area contributed by atoms with Crippen molar-refractivity contribution >= 4 is 41.5 Å².